The third-order valence-corrected chi connectivity index (χ3v) is 11.5. The van der Waals surface area contributed by atoms with Gasteiger partial charge in [0.25, 0.3) is 11.8 Å². The standard InChI is InChI=1S/C34H36IN3O7/c35-30-25-20(12-22-14-24(39)27(32(36)43)31(42)34(22,30)45)13-23-18(9-8-17-5-2-1-3-6-17)11-21(28(40)26(23)29(25)41)16-38-33(44)19-7-4-10-37-15-19/h4,7,10-11,15,17,20,22,40,42,45H,1-3,5-6,8-9,12-14,16H2,(H2,36,43)(H,38,44)/t20-,22+,34+/m1/s1. The average Bonchev–Trinajstić information content (AvgIpc) is 3.02. The number of carbonyl (C=O) groups excluding carboxylic acids is 4. The van der Waals surface area contributed by atoms with Crippen molar-refractivity contribution in [2.24, 2.45) is 23.5 Å². The van der Waals surface area contributed by atoms with Crippen molar-refractivity contribution < 1.29 is 34.5 Å². The molecule has 6 N–H and O–H groups in total. The molecule has 236 valence electrons. The fraction of sp³-hybridized carbons (Fsp3) is 0.441. The second kappa shape index (κ2) is 12.3. The molecule has 11 heteroatoms. The van der Waals surface area contributed by atoms with Crippen molar-refractivity contribution >= 4 is 46.0 Å². The molecule has 1 heterocycles. The molecule has 4 aliphatic carbocycles. The van der Waals surface area contributed by atoms with Gasteiger partial charge in [-0.05, 0) is 83.4 Å². The minimum atomic E-state index is -2.12. The van der Waals surface area contributed by atoms with E-state index in [1.807, 2.05) is 28.7 Å². The van der Waals surface area contributed by atoms with E-state index in [4.69, 9.17) is 5.73 Å². The first-order chi connectivity index (χ1) is 21.5. The number of halogens is 1. The Morgan fingerprint density at radius 1 is 1.11 bits per heavy atom. The number of hydrogen-bond donors (Lipinski definition) is 5. The maximum atomic E-state index is 14.4. The minimum absolute atomic E-state index is 0.0181. The summed E-state index contributed by atoms with van der Waals surface area (Å²) < 4.78 is 0.124. The highest BCUT2D eigenvalue weighted by Crippen LogP contribution is 2.55. The van der Waals surface area contributed by atoms with Gasteiger partial charge in [-0.2, -0.15) is 0 Å². The number of nitrogens with zero attached hydrogens (tertiary/aromatic N) is 1. The monoisotopic (exact) mass is 725 g/mol. The number of aliphatic hydroxyl groups is 2. The number of aromatic hydroxyl groups is 1. The highest BCUT2D eigenvalue weighted by atomic mass is 127. The van der Waals surface area contributed by atoms with Crippen molar-refractivity contribution in [2.45, 2.75) is 76.4 Å². The van der Waals surface area contributed by atoms with E-state index in [1.54, 1.807) is 18.3 Å². The van der Waals surface area contributed by atoms with Crippen LogP contribution in [0.1, 0.15) is 88.8 Å². The predicted molar refractivity (Wildman–Crippen MR) is 173 cm³/mol. The van der Waals surface area contributed by atoms with E-state index in [1.165, 1.54) is 38.3 Å². The number of aromatic nitrogens is 1. The molecule has 45 heavy (non-hydrogen) atoms. The molecule has 10 nitrogen and oxygen atoms in total. The Morgan fingerprint density at radius 3 is 2.56 bits per heavy atom. The van der Waals surface area contributed by atoms with Crippen LogP contribution in [0, 0.1) is 17.8 Å². The Bertz CT molecular complexity index is 1660. The molecule has 3 atom stereocenters. The number of pyridine rings is 1. The topological polar surface area (TPSA) is 180 Å². The fourth-order valence-corrected chi connectivity index (χ4v) is 9.13. The molecular weight excluding hydrogens is 689 g/mol. The van der Waals surface area contributed by atoms with Gasteiger partial charge in [0.15, 0.2) is 17.2 Å². The number of nitrogens with two attached hydrogens (primary N) is 1. The number of primary amides is 1. The lowest BCUT2D eigenvalue weighted by molar-refractivity contribution is -0.126. The highest BCUT2D eigenvalue weighted by molar-refractivity contribution is 14.1. The van der Waals surface area contributed by atoms with Crippen molar-refractivity contribution in [3.63, 3.8) is 0 Å². The van der Waals surface area contributed by atoms with Crippen LogP contribution >= 0.6 is 22.6 Å². The SMILES string of the molecule is NC(=O)C1=C(O)[C@@]2(O)C(I)=C3C(=O)c4c(O)c(CNC(=O)c5cccnc5)cc(CCC5CCCCC5)c4C[C@H]3C[C@H]2CC1=O. The lowest BCUT2D eigenvalue weighted by Crippen LogP contribution is -2.52. The zero-order chi connectivity index (χ0) is 32.0. The van der Waals surface area contributed by atoms with E-state index < -0.39 is 40.3 Å². The number of Topliss-reactive ketones (excluding diaryl/α,β-unsaturated/α-hetero) is 2. The van der Waals surface area contributed by atoms with E-state index in [-0.39, 0.29) is 51.7 Å². The summed E-state index contributed by atoms with van der Waals surface area (Å²) in [7, 11) is 0. The highest BCUT2D eigenvalue weighted by Gasteiger charge is 2.57. The van der Waals surface area contributed by atoms with Crippen LogP contribution in [0.25, 0.3) is 0 Å². The molecule has 0 aliphatic heterocycles. The summed E-state index contributed by atoms with van der Waals surface area (Å²) >= 11 is 1.83. The molecule has 0 radical (unpaired) electrons. The van der Waals surface area contributed by atoms with Gasteiger partial charge in [0.1, 0.15) is 17.1 Å². The van der Waals surface area contributed by atoms with E-state index in [9.17, 15) is 34.5 Å². The van der Waals surface area contributed by atoms with Crippen LogP contribution in [0.4, 0.5) is 0 Å². The number of aryl methyl sites for hydroxylation is 1. The summed E-state index contributed by atoms with van der Waals surface area (Å²) in [6.45, 7) is -0.0181. The van der Waals surface area contributed by atoms with E-state index in [0.717, 1.165) is 17.5 Å². The van der Waals surface area contributed by atoms with Crippen molar-refractivity contribution in [1.29, 1.82) is 0 Å². The molecule has 0 spiro atoms. The van der Waals surface area contributed by atoms with Gasteiger partial charge < -0.3 is 26.4 Å². The summed E-state index contributed by atoms with van der Waals surface area (Å²) in [5.41, 5.74) is 5.46. The van der Waals surface area contributed by atoms with Crippen LogP contribution in [0.5, 0.6) is 5.75 Å². The molecule has 0 unspecified atom stereocenters. The number of amides is 2. The zero-order valence-corrected chi connectivity index (χ0v) is 26.9. The second-order valence-corrected chi connectivity index (χ2v) is 13.8. The van der Waals surface area contributed by atoms with E-state index >= 15 is 0 Å². The quantitative estimate of drug-likeness (QED) is 0.207. The number of carbonyl (C=O) groups is 4. The molecule has 1 saturated carbocycles. The van der Waals surface area contributed by atoms with E-state index in [0.29, 0.717) is 29.9 Å². The maximum absolute atomic E-state index is 14.4. The zero-order valence-electron chi connectivity index (χ0n) is 24.8. The fourth-order valence-electron chi connectivity index (χ4n) is 7.75. The van der Waals surface area contributed by atoms with Gasteiger partial charge in [0.05, 0.1) is 11.1 Å². The predicted octanol–water partition coefficient (Wildman–Crippen LogP) is 4.30. The summed E-state index contributed by atoms with van der Waals surface area (Å²) in [6.07, 6.45) is 11.1. The Morgan fingerprint density at radius 2 is 1.87 bits per heavy atom. The Balaban J connectivity index is 1.41. The first kappa shape index (κ1) is 31.4. The molecule has 1 fully saturated rings. The van der Waals surface area contributed by atoms with Crippen molar-refractivity contribution in [3.05, 3.63) is 78.9 Å². The minimum Gasteiger partial charge on any atom is -0.508 e. The number of ketones is 2. The first-order valence-corrected chi connectivity index (χ1v) is 16.6. The van der Waals surface area contributed by atoms with Gasteiger partial charge in [-0.15, -0.1) is 0 Å². The van der Waals surface area contributed by atoms with Crippen LogP contribution in [0.3, 0.4) is 0 Å². The molecule has 0 bridgehead atoms. The number of allylic oxidation sites excluding steroid dienone is 1. The van der Waals surface area contributed by atoms with E-state index in [2.05, 4.69) is 10.3 Å². The normalized spacial score (nSPS) is 25.0. The molecule has 2 aromatic rings. The number of rotatable bonds is 7. The number of fused-ring (bicyclic) bond motifs is 3. The Kier molecular flexibility index (Phi) is 8.59. The summed E-state index contributed by atoms with van der Waals surface area (Å²) in [5, 5.41) is 37.2. The molecule has 0 saturated heterocycles. The second-order valence-electron chi connectivity index (χ2n) is 12.7. The number of hydrogen-bond acceptors (Lipinski definition) is 8. The Labute approximate surface area is 274 Å². The number of nitrogens with one attached hydrogen (secondary N) is 1. The lowest BCUT2D eigenvalue weighted by Gasteiger charge is -2.47. The largest absolute Gasteiger partial charge is 0.508 e. The van der Waals surface area contributed by atoms with Crippen molar-refractivity contribution in [2.75, 3.05) is 0 Å². The third kappa shape index (κ3) is 5.47. The number of phenols is 1. The van der Waals surface area contributed by atoms with Crippen molar-refractivity contribution in [3.8, 4) is 5.75 Å². The van der Waals surface area contributed by atoms with Crippen LogP contribution < -0.4 is 11.1 Å². The van der Waals surface area contributed by atoms with Gasteiger partial charge in [0.2, 0.25) is 0 Å². The number of benzene rings is 1. The molecule has 4 aliphatic rings. The average molecular weight is 726 g/mol. The summed E-state index contributed by atoms with van der Waals surface area (Å²) in [5.74, 6) is -4.19. The summed E-state index contributed by atoms with van der Waals surface area (Å²) in [6, 6.07) is 5.18. The van der Waals surface area contributed by atoms with Crippen LogP contribution in [-0.4, -0.2) is 49.3 Å². The number of aliphatic hydroxyl groups excluding tert-OH is 1. The van der Waals surface area contributed by atoms with Crippen molar-refractivity contribution in [1.82, 2.24) is 10.3 Å². The molecular formula is C34H36IN3O7. The molecule has 6 rings (SSSR count). The van der Waals surface area contributed by atoms with Gasteiger partial charge in [0, 0.05) is 46.0 Å². The molecule has 1 aromatic heterocycles. The lowest BCUT2D eigenvalue weighted by atomic mass is 9.61. The smallest absolute Gasteiger partial charge is 0.255 e. The Hall–Kier alpha value is -3.58. The van der Waals surface area contributed by atoms with Crippen LogP contribution in [0.15, 0.2) is 51.1 Å². The number of phenolic OH excluding ortho intramolecular Hbond substituents is 1. The van der Waals surface area contributed by atoms with Gasteiger partial charge >= 0.3 is 0 Å². The molecule has 1 aromatic carbocycles. The van der Waals surface area contributed by atoms with Crippen LogP contribution in [-0.2, 0) is 29.0 Å². The third-order valence-electron chi connectivity index (χ3n) is 10.1. The maximum Gasteiger partial charge on any atom is 0.255 e. The van der Waals surface area contributed by atoms with Gasteiger partial charge in [-0.3, -0.25) is 24.2 Å². The first-order valence-electron chi connectivity index (χ1n) is 15.5. The molecule has 2 amide bonds. The van der Waals surface area contributed by atoms with Gasteiger partial charge in [-0.1, -0.05) is 38.2 Å². The summed E-state index contributed by atoms with van der Waals surface area (Å²) in [4.78, 5) is 56.0. The van der Waals surface area contributed by atoms with Gasteiger partial charge in [-0.25, -0.2) is 0 Å². The van der Waals surface area contributed by atoms with Crippen LogP contribution in [0.2, 0.25) is 0 Å².